The summed E-state index contributed by atoms with van der Waals surface area (Å²) in [5, 5.41) is 14.5. The number of rotatable bonds is 6. The van der Waals surface area contributed by atoms with E-state index in [0.29, 0.717) is 24.9 Å². The number of carbonyl (C=O) groups excluding carboxylic acids is 1. The van der Waals surface area contributed by atoms with Crippen molar-refractivity contribution in [3.63, 3.8) is 0 Å². The van der Waals surface area contributed by atoms with Crippen LogP contribution in [0, 0.1) is 20.8 Å². The van der Waals surface area contributed by atoms with E-state index < -0.39 is 0 Å². The van der Waals surface area contributed by atoms with E-state index in [2.05, 4.69) is 27.0 Å². The van der Waals surface area contributed by atoms with E-state index in [1.165, 1.54) is 0 Å². The highest BCUT2D eigenvalue weighted by atomic mass is 35.5. The third kappa shape index (κ3) is 5.43. The van der Waals surface area contributed by atoms with Crippen molar-refractivity contribution in [1.29, 1.82) is 0 Å². The first-order valence-corrected chi connectivity index (χ1v) is 9.16. The molecule has 1 aliphatic rings. The monoisotopic (exact) mass is 393 g/mol. The number of hydrogen-bond donors (Lipinski definition) is 2. The SMILES string of the molecule is Cc1cc(C)cc(OCCNC(=O)c2nnn(C3CCNCC3)c2C)c1.Cl. The number of amides is 1. The molecule has 2 aromatic rings. The molecule has 1 aromatic carbocycles. The maximum atomic E-state index is 12.4. The Morgan fingerprint density at radius 2 is 1.89 bits per heavy atom. The molecule has 2 N–H and O–H groups in total. The fraction of sp³-hybridized carbons (Fsp3) is 0.526. The van der Waals surface area contributed by atoms with Crippen molar-refractivity contribution in [3.8, 4) is 5.75 Å². The lowest BCUT2D eigenvalue weighted by Crippen LogP contribution is -2.31. The van der Waals surface area contributed by atoms with Gasteiger partial charge in [-0.2, -0.15) is 0 Å². The van der Waals surface area contributed by atoms with E-state index in [4.69, 9.17) is 4.74 Å². The molecular formula is C19H28ClN5O2. The summed E-state index contributed by atoms with van der Waals surface area (Å²) >= 11 is 0. The van der Waals surface area contributed by atoms with Gasteiger partial charge in [-0.3, -0.25) is 4.79 Å². The Kier molecular flexibility index (Phi) is 7.62. The highest BCUT2D eigenvalue weighted by molar-refractivity contribution is 5.93. The summed E-state index contributed by atoms with van der Waals surface area (Å²) in [6, 6.07) is 6.40. The molecule has 0 saturated carbocycles. The van der Waals surface area contributed by atoms with E-state index in [0.717, 1.165) is 48.5 Å². The van der Waals surface area contributed by atoms with Crippen molar-refractivity contribution in [2.24, 2.45) is 0 Å². The van der Waals surface area contributed by atoms with Crippen LogP contribution in [0.1, 0.15) is 46.2 Å². The minimum absolute atomic E-state index is 0. The second kappa shape index (κ2) is 9.71. The number of piperidine rings is 1. The molecule has 0 bridgehead atoms. The maximum absolute atomic E-state index is 12.4. The molecule has 1 saturated heterocycles. The van der Waals surface area contributed by atoms with Crippen LogP contribution >= 0.6 is 12.4 Å². The molecule has 1 aliphatic heterocycles. The second-order valence-electron chi connectivity index (χ2n) is 6.88. The molecule has 0 unspecified atom stereocenters. The summed E-state index contributed by atoms with van der Waals surface area (Å²) in [6.45, 7) is 8.76. The summed E-state index contributed by atoms with van der Waals surface area (Å²) in [6.07, 6.45) is 2.02. The van der Waals surface area contributed by atoms with Crippen LogP contribution in [0.15, 0.2) is 18.2 Å². The van der Waals surface area contributed by atoms with Crippen molar-refractivity contribution in [1.82, 2.24) is 25.6 Å². The van der Waals surface area contributed by atoms with Gasteiger partial charge >= 0.3 is 0 Å². The first-order valence-electron chi connectivity index (χ1n) is 9.16. The summed E-state index contributed by atoms with van der Waals surface area (Å²) in [5.74, 6) is 0.622. The fourth-order valence-corrected chi connectivity index (χ4v) is 3.38. The lowest BCUT2D eigenvalue weighted by molar-refractivity contribution is 0.0941. The van der Waals surface area contributed by atoms with Gasteiger partial charge in [-0.05, 0) is 70.0 Å². The van der Waals surface area contributed by atoms with E-state index in [1.807, 2.05) is 37.6 Å². The Hall–Kier alpha value is -2.12. The van der Waals surface area contributed by atoms with Crippen LogP contribution in [-0.2, 0) is 0 Å². The highest BCUT2D eigenvalue weighted by Crippen LogP contribution is 2.20. The van der Waals surface area contributed by atoms with E-state index in [1.54, 1.807) is 0 Å². The predicted molar refractivity (Wildman–Crippen MR) is 107 cm³/mol. The molecule has 8 heteroatoms. The highest BCUT2D eigenvalue weighted by Gasteiger charge is 2.22. The zero-order valence-electron chi connectivity index (χ0n) is 16.1. The Morgan fingerprint density at radius 1 is 1.22 bits per heavy atom. The first kappa shape index (κ1) is 21.2. The Bertz CT molecular complexity index is 751. The molecule has 0 aliphatic carbocycles. The molecule has 3 rings (SSSR count). The van der Waals surface area contributed by atoms with Gasteiger partial charge in [-0.25, -0.2) is 4.68 Å². The Morgan fingerprint density at radius 3 is 2.56 bits per heavy atom. The van der Waals surface area contributed by atoms with Crippen LogP contribution in [-0.4, -0.2) is 47.1 Å². The lowest BCUT2D eigenvalue weighted by atomic mass is 10.1. The van der Waals surface area contributed by atoms with Gasteiger partial charge in [-0.1, -0.05) is 11.3 Å². The standard InChI is InChI=1S/C19H27N5O2.ClH/c1-13-10-14(2)12-17(11-13)26-9-8-21-19(25)18-15(3)24(23-22-18)16-4-6-20-7-5-16;/h10-12,16,20H,4-9H2,1-3H3,(H,21,25);1H. The van der Waals surface area contributed by atoms with Crippen molar-refractivity contribution in [3.05, 3.63) is 40.7 Å². The number of nitrogens with one attached hydrogen (secondary N) is 2. The smallest absolute Gasteiger partial charge is 0.273 e. The van der Waals surface area contributed by atoms with E-state index >= 15 is 0 Å². The van der Waals surface area contributed by atoms with Gasteiger partial charge in [0, 0.05) is 0 Å². The number of benzene rings is 1. The van der Waals surface area contributed by atoms with Gasteiger partial charge in [0.15, 0.2) is 5.69 Å². The number of aryl methyl sites for hydroxylation is 2. The number of hydrogen-bond acceptors (Lipinski definition) is 5. The number of ether oxygens (including phenoxy) is 1. The molecule has 0 radical (unpaired) electrons. The molecule has 1 amide bonds. The number of halogens is 1. The number of carbonyl (C=O) groups is 1. The van der Waals surface area contributed by atoms with Crippen molar-refractivity contribution < 1.29 is 9.53 Å². The minimum Gasteiger partial charge on any atom is -0.492 e. The van der Waals surface area contributed by atoms with Gasteiger partial charge in [0.05, 0.1) is 18.3 Å². The molecule has 1 fully saturated rings. The normalized spacial score (nSPS) is 14.5. The van der Waals surface area contributed by atoms with Crippen LogP contribution in [0.3, 0.4) is 0 Å². The zero-order chi connectivity index (χ0) is 18.5. The average Bonchev–Trinajstić information content (AvgIpc) is 3.00. The summed E-state index contributed by atoms with van der Waals surface area (Å²) in [5.41, 5.74) is 3.54. The molecular weight excluding hydrogens is 366 g/mol. The Labute approximate surface area is 166 Å². The summed E-state index contributed by atoms with van der Waals surface area (Å²) in [7, 11) is 0. The number of nitrogens with zero attached hydrogens (tertiary/aromatic N) is 3. The van der Waals surface area contributed by atoms with Gasteiger partial charge in [-0.15, -0.1) is 17.5 Å². The van der Waals surface area contributed by atoms with Crippen LogP contribution in [0.2, 0.25) is 0 Å². The zero-order valence-corrected chi connectivity index (χ0v) is 16.9. The predicted octanol–water partition coefficient (Wildman–Crippen LogP) is 2.36. The molecule has 0 atom stereocenters. The molecule has 1 aromatic heterocycles. The van der Waals surface area contributed by atoms with Crippen molar-refractivity contribution in [2.75, 3.05) is 26.2 Å². The second-order valence-corrected chi connectivity index (χ2v) is 6.88. The van der Waals surface area contributed by atoms with Gasteiger partial charge in [0.1, 0.15) is 12.4 Å². The largest absolute Gasteiger partial charge is 0.492 e. The van der Waals surface area contributed by atoms with Gasteiger partial charge < -0.3 is 15.4 Å². The van der Waals surface area contributed by atoms with Crippen LogP contribution in [0.5, 0.6) is 5.75 Å². The molecule has 27 heavy (non-hydrogen) atoms. The lowest BCUT2D eigenvalue weighted by Gasteiger charge is -2.23. The maximum Gasteiger partial charge on any atom is 0.273 e. The Balaban J connectivity index is 0.00000261. The number of aromatic nitrogens is 3. The summed E-state index contributed by atoms with van der Waals surface area (Å²) in [4.78, 5) is 12.4. The van der Waals surface area contributed by atoms with Crippen LogP contribution in [0.25, 0.3) is 0 Å². The third-order valence-corrected chi connectivity index (χ3v) is 4.65. The first-order chi connectivity index (χ1) is 12.5. The molecule has 2 heterocycles. The third-order valence-electron chi connectivity index (χ3n) is 4.65. The minimum atomic E-state index is -0.202. The van der Waals surface area contributed by atoms with Gasteiger partial charge in [0.2, 0.25) is 0 Å². The van der Waals surface area contributed by atoms with Crippen LogP contribution in [0.4, 0.5) is 0 Å². The van der Waals surface area contributed by atoms with Gasteiger partial charge in [0.25, 0.3) is 5.91 Å². The molecule has 7 nitrogen and oxygen atoms in total. The topological polar surface area (TPSA) is 81.1 Å². The quantitative estimate of drug-likeness (QED) is 0.736. The van der Waals surface area contributed by atoms with Crippen molar-refractivity contribution >= 4 is 18.3 Å². The average molecular weight is 394 g/mol. The van der Waals surface area contributed by atoms with Crippen molar-refractivity contribution in [2.45, 2.75) is 39.7 Å². The molecule has 148 valence electrons. The summed E-state index contributed by atoms with van der Waals surface area (Å²) < 4.78 is 7.61. The van der Waals surface area contributed by atoms with Crippen LogP contribution < -0.4 is 15.4 Å². The van der Waals surface area contributed by atoms with E-state index in [9.17, 15) is 4.79 Å². The fourth-order valence-electron chi connectivity index (χ4n) is 3.38. The molecule has 0 spiro atoms. The van der Waals surface area contributed by atoms with E-state index in [-0.39, 0.29) is 18.3 Å².